The minimum atomic E-state index is 0.0408. The number of nitrogens with zero attached hydrogens (tertiary/aromatic N) is 3. The molecule has 20 heavy (non-hydrogen) atoms. The van der Waals surface area contributed by atoms with E-state index >= 15 is 0 Å². The van der Waals surface area contributed by atoms with Crippen molar-refractivity contribution in [3.8, 4) is 0 Å². The highest BCUT2D eigenvalue weighted by atomic mass is 32.1. The fraction of sp³-hybridized carbons (Fsp3) is 0.571. The van der Waals surface area contributed by atoms with E-state index in [2.05, 4.69) is 12.0 Å². The van der Waals surface area contributed by atoms with Crippen LogP contribution in [0.4, 0.5) is 5.69 Å². The van der Waals surface area contributed by atoms with Crippen molar-refractivity contribution in [3.63, 3.8) is 0 Å². The summed E-state index contributed by atoms with van der Waals surface area (Å²) < 4.78 is 1.80. The van der Waals surface area contributed by atoms with Crippen LogP contribution in [0.5, 0.6) is 0 Å². The predicted molar refractivity (Wildman–Crippen MR) is 84.2 cm³/mol. The molecular formula is C14H22N4OS. The summed E-state index contributed by atoms with van der Waals surface area (Å²) in [5, 5.41) is 5.27. The number of unbranched alkanes of at least 4 members (excludes halogenated alkanes) is 1. The number of carbonyl (C=O) groups excluding carboxylic acids is 1. The predicted octanol–water partition coefficient (Wildman–Crippen LogP) is 2.79. The molecule has 2 rings (SSSR count). The van der Waals surface area contributed by atoms with Crippen LogP contribution < -0.4 is 5.73 Å². The van der Waals surface area contributed by atoms with Crippen molar-refractivity contribution in [2.24, 2.45) is 7.05 Å². The van der Waals surface area contributed by atoms with E-state index in [1.165, 1.54) is 11.3 Å². The molecule has 0 saturated carbocycles. The zero-order chi connectivity index (χ0) is 14.9. The average molecular weight is 294 g/mol. The Morgan fingerprint density at radius 3 is 2.70 bits per heavy atom. The number of amides is 1. The quantitative estimate of drug-likeness (QED) is 0.922. The summed E-state index contributed by atoms with van der Waals surface area (Å²) in [5.74, 6) is 0.0408. The van der Waals surface area contributed by atoms with Gasteiger partial charge in [-0.15, -0.1) is 11.3 Å². The van der Waals surface area contributed by atoms with Crippen molar-refractivity contribution >= 4 is 33.1 Å². The van der Waals surface area contributed by atoms with Gasteiger partial charge in [0.15, 0.2) is 0 Å². The number of aromatic nitrogens is 2. The number of hydrogen-bond donors (Lipinski definition) is 1. The second kappa shape index (κ2) is 5.83. The number of hydrogen-bond acceptors (Lipinski definition) is 4. The highest BCUT2D eigenvalue weighted by Crippen LogP contribution is 2.36. The summed E-state index contributed by atoms with van der Waals surface area (Å²) in [6.45, 7) is 7.56. The summed E-state index contributed by atoms with van der Waals surface area (Å²) >= 11 is 1.44. The molecule has 2 N–H and O–H groups in total. The third-order valence-electron chi connectivity index (χ3n) is 3.53. The Bertz CT molecular complexity index is 629. The number of carbonyl (C=O) groups is 1. The Morgan fingerprint density at radius 2 is 2.15 bits per heavy atom. The first-order valence-electron chi connectivity index (χ1n) is 7.02. The summed E-state index contributed by atoms with van der Waals surface area (Å²) in [7, 11) is 1.88. The molecule has 0 aliphatic carbocycles. The first-order chi connectivity index (χ1) is 9.51. The molecule has 1 amide bonds. The topological polar surface area (TPSA) is 64.2 Å². The van der Waals surface area contributed by atoms with Gasteiger partial charge in [-0.25, -0.2) is 0 Å². The molecule has 0 atom stereocenters. The lowest BCUT2D eigenvalue weighted by Crippen LogP contribution is -2.31. The molecule has 2 aromatic rings. The van der Waals surface area contributed by atoms with Crippen molar-refractivity contribution in [2.75, 3.05) is 18.8 Å². The maximum atomic E-state index is 12.6. The van der Waals surface area contributed by atoms with E-state index in [9.17, 15) is 4.79 Å². The van der Waals surface area contributed by atoms with E-state index in [4.69, 9.17) is 5.73 Å². The third kappa shape index (κ3) is 2.40. The van der Waals surface area contributed by atoms with Gasteiger partial charge in [0.2, 0.25) is 0 Å². The van der Waals surface area contributed by atoms with Crippen molar-refractivity contribution < 1.29 is 4.79 Å². The SMILES string of the molecule is CCCCN(CC)C(=O)c1sc2c(c(C)nn2C)c1N. The van der Waals surface area contributed by atoms with Gasteiger partial charge in [-0.2, -0.15) is 5.10 Å². The number of anilines is 1. The number of fused-ring (bicyclic) bond motifs is 1. The van der Waals surface area contributed by atoms with E-state index < -0.39 is 0 Å². The summed E-state index contributed by atoms with van der Waals surface area (Å²) in [6, 6.07) is 0. The molecule has 5 nitrogen and oxygen atoms in total. The van der Waals surface area contributed by atoms with Gasteiger partial charge in [0.05, 0.1) is 16.8 Å². The van der Waals surface area contributed by atoms with Crippen LogP contribution in [-0.4, -0.2) is 33.7 Å². The highest BCUT2D eigenvalue weighted by Gasteiger charge is 2.23. The van der Waals surface area contributed by atoms with Crippen LogP contribution in [0, 0.1) is 6.92 Å². The van der Waals surface area contributed by atoms with Crippen LogP contribution >= 0.6 is 11.3 Å². The zero-order valence-corrected chi connectivity index (χ0v) is 13.4. The lowest BCUT2D eigenvalue weighted by atomic mass is 10.2. The minimum Gasteiger partial charge on any atom is -0.397 e. The zero-order valence-electron chi connectivity index (χ0n) is 12.6. The van der Waals surface area contributed by atoms with E-state index in [0.29, 0.717) is 17.1 Å². The molecule has 2 aromatic heterocycles. The van der Waals surface area contributed by atoms with Crippen LogP contribution in [0.3, 0.4) is 0 Å². The van der Waals surface area contributed by atoms with Gasteiger partial charge in [-0.05, 0) is 20.3 Å². The summed E-state index contributed by atoms with van der Waals surface area (Å²) in [4.78, 5) is 16.1. The van der Waals surface area contributed by atoms with Crippen molar-refractivity contribution in [1.82, 2.24) is 14.7 Å². The molecule has 0 bridgehead atoms. The maximum absolute atomic E-state index is 12.6. The van der Waals surface area contributed by atoms with E-state index in [1.807, 2.05) is 25.8 Å². The number of nitrogen functional groups attached to an aromatic ring is 1. The Balaban J connectivity index is 2.39. The second-order valence-corrected chi connectivity index (χ2v) is 5.97. The summed E-state index contributed by atoms with van der Waals surface area (Å²) in [5.41, 5.74) is 7.65. The van der Waals surface area contributed by atoms with E-state index in [0.717, 1.165) is 35.3 Å². The Kier molecular flexibility index (Phi) is 4.32. The molecule has 0 aliphatic rings. The van der Waals surface area contributed by atoms with Gasteiger partial charge in [0.25, 0.3) is 5.91 Å². The van der Waals surface area contributed by atoms with Crippen LogP contribution in [0.15, 0.2) is 0 Å². The molecule has 110 valence electrons. The van der Waals surface area contributed by atoms with Crippen LogP contribution in [0.25, 0.3) is 10.2 Å². The molecule has 0 saturated heterocycles. The number of rotatable bonds is 5. The fourth-order valence-corrected chi connectivity index (χ4v) is 3.54. The largest absolute Gasteiger partial charge is 0.397 e. The van der Waals surface area contributed by atoms with E-state index in [1.54, 1.807) is 4.68 Å². The normalized spacial score (nSPS) is 11.2. The van der Waals surface area contributed by atoms with Crippen molar-refractivity contribution in [1.29, 1.82) is 0 Å². The number of nitrogens with two attached hydrogens (primary N) is 1. The minimum absolute atomic E-state index is 0.0408. The molecule has 0 aliphatic heterocycles. The maximum Gasteiger partial charge on any atom is 0.266 e. The van der Waals surface area contributed by atoms with Gasteiger partial charge < -0.3 is 10.6 Å². The van der Waals surface area contributed by atoms with Crippen LogP contribution in [-0.2, 0) is 7.05 Å². The lowest BCUT2D eigenvalue weighted by molar-refractivity contribution is 0.0768. The Morgan fingerprint density at radius 1 is 1.45 bits per heavy atom. The van der Waals surface area contributed by atoms with Crippen molar-refractivity contribution in [2.45, 2.75) is 33.6 Å². The standard InChI is InChI=1S/C14H22N4OS/c1-5-7-8-18(6-2)13(19)12-11(15)10-9(3)16-17(4)14(10)20-12/h5-8,15H2,1-4H3. The van der Waals surface area contributed by atoms with Crippen molar-refractivity contribution in [3.05, 3.63) is 10.6 Å². The fourth-order valence-electron chi connectivity index (χ4n) is 2.38. The molecule has 0 spiro atoms. The van der Waals surface area contributed by atoms with Gasteiger partial charge in [0.1, 0.15) is 9.71 Å². The molecule has 0 unspecified atom stereocenters. The monoisotopic (exact) mass is 294 g/mol. The molecule has 6 heteroatoms. The van der Waals surface area contributed by atoms with Gasteiger partial charge in [0, 0.05) is 20.1 Å². The second-order valence-electron chi connectivity index (χ2n) is 4.97. The Hall–Kier alpha value is -1.56. The first kappa shape index (κ1) is 14.8. The lowest BCUT2D eigenvalue weighted by Gasteiger charge is -2.20. The molecular weight excluding hydrogens is 272 g/mol. The molecule has 0 fully saturated rings. The van der Waals surface area contributed by atoms with Crippen LogP contribution in [0.2, 0.25) is 0 Å². The summed E-state index contributed by atoms with van der Waals surface area (Å²) in [6.07, 6.45) is 2.10. The van der Waals surface area contributed by atoms with Crippen LogP contribution in [0.1, 0.15) is 42.1 Å². The van der Waals surface area contributed by atoms with Gasteiger partial charge in [-0.3, -0.25) is 9.48 Å². The van der Waals surface area contributed by atoms with E-state index in [-0.39, 0.29) is 5.91 Å². The number of aryl methyl sites for hydroxylation is 2. The first-order valence-corrected chi connectivity index (χ1v) is 7.83. The average Bonchev–Trinajstić information content (AvgIpc) is 2.90. The third-order valence-corrected chi connectivity index (χ3v) is 4.79. The molecule has 0 aromatic carbocycles. The van der Waals surface area contributed by atoms with Gasteiger partial charge in [-0.1, -0.05) is 13.3 Å². The number of thiophene rings is 1. The Labute approximate surface area is 123 Å². The smallest absolute Gasteiger partial charge is 0.266 e. The molecule has 0 radical (unpaired) electrons. The molecule has 2 heterocycles. The highest BCUT2D eigenvalue weighted by molar-refractivity contribution is 7.21. The van der Waals surface area contributed by atoms with Gasteiger partial charge >= 0.3 is 0 Å².